The fourth-order valence-electron chi connectivity index (χ4n) is 1.97. The van der Waals surface area contributed by atoms with Crippen molar-refractivity contribution in [1.29, 1.82) is 0 Å². The Kier molecular flexibility index (Phi) is 5.38. The predicted octanol–water partition coefficient (Wildman–Crippen LogP) is 2.31. The van der Waals surface area contributed by atoms with Gasteiger partial charge in [-0.15, -0.1) is 0 Å². The maximum Gasteiger partial charge on any atom is 0.413 e. The van der Waals surface area contributed by atoms with E-state index >= 15 is 0 Å². The van der Waals surface area contributed by atoms with Crippen LogP contribution in [0.4, 0.5) is 4.79 Å². The molecule has 2 aromatic rings. The van der Waals surface area contributed by atoms with Gasteiger partial charge >= 0.3 is 6.09 Å². The fraction of sp³-hybridized carbons (Fsp3) is 0.188. The summed E-state index contributed by atoms with van der Waals surface area (Å²) in [6.45, 7) is -0.982. The topological polar surface area (TPSA) is 78.8 Å². The minimum atomic E-state index is -1.35. The normalized spacial score (nSPS) is 11.0. The number of halogens is 1. The Labute approximate surface area is 133 Å². The highest BCUT2D eigenvalue weighted by molar-refractivity contribution is 6.30. The predicted molar refractivity (Wildman–Crippen MR) is 82.9 cm³/mol. The smallest absolute Gasteiger partial charge is 0.410 e. The zero-order chi connectivity index (χ0) is 16.0. The molecule has 0 bridgehead atoms. The number of aliphatic hydroxyl groups is 2. The quantitative estimate of drug-likeness (QED) is 0.789. The van der Waals surface area contributed by atoms with Crippen LogP contribution in [0.5, 0.6) is 5.75 Å². The van der Waals surface area contributed by atoms with E-state index in [1.165, 1.54) is 0 Å². The van der Waals surface area contributed by atoms with Crippen molar-refractivity contribution in [2.45, 2.75) is 5.54 Å². The lowest BCUT2D eigenvalue weighted by molar-refractivity contribution is 0.0869. The Bertz CT molecular complexity index is 612. The standard InChI is InChI=1S/C16H16ClNO4/c17-13-8-6-12(7-9-13)16(10-19,11-20)18-15(21)22-14-4-2-1-3-5-14/h1-9,19-20H,10-11H2,(H,18,21). The summed E-state index contributed by atoms with van der Waals surface area (Å²) in [6, 6.07) is 15.0. The molecule has 0 saturated heterocycles. The molecule has 0 aliphatic carbocycles. The van der Waals surface area contributed by atoms with Gasteiger partial charge in [0.15, 0.2) is 0 Å². The molecule has 0 heterocycles. The van der Waals surface area contributed by atoms with Gasteiger partial charge in [-0.3, -0.25) is 0 Å². The van der Waals surface area contributed by atoms with Crippen molar-refractivity contribution >= 4 is 17.7 Å². The summed E-state index contributed by atoms with van der Waals surface area (Å²) in [5, 5.41) is 22.3. The maximum atomic E-state index is 12.0. The Morgan fingerprint density at radius 3 is 2.18 bits per heavy atom. The summed E-state index contributed by atoms with van der Waals surface area (Å²) in [7, 11) is 0. The van der Waals surface area contributed by atoms with Crippen molar-refractivity contribution in [3.63, 3.8) is 0 Å². The van der Waals surface area contributed by atoms with Gasteiger partial charge < -0.3 is 20.3 Å². The van der Waals surface area contributed by atoms with Crippen molar-refractivity contribution in [3.05, 3.63) is 65.2 Å². The SMILES string of the molecule is O=C(NC(CO)(CO)c1ccc(Cl)cc1)Oc1ccccc1. The molecule has 1 amide bonds. The van der Waals surface area contributed by atoms with E-state index in [1.807, 2.05) is 0 Å². The van der Waals surface area contributed by atoms with Crippen LogP contribution in [0.3, 0.4) is 0 Å². The number of carbonyl (C=O) groups is 1. The van der Waals surface area contributed by atoms with E-state index in [9.17, 15) is 15.0 Å². The minimum Gasteiger partial charge on any atom is -0.410 e. The van der Waals surface area contributed by atoms with Gasteiger partial charge in [-0.1, -0.05) is 41.9 Å². The van der Waals surface area contributed by atoms with Gasteiger partial charge in [0.2, 0.25) is 0 Å². The van der Waals surface area contributed by atoms with Crippen LogP contribution >= 0.6 is 11.6 Å². The molecule has 116 valence electrons. The van der Waals surface area contributed by atoms with E-state index in [-0.39, 0.29) is 0 Å². The molecule has 0 radical (unpaired) electrons. The number of hydrogen-bond acceptors (Lipinski definition) is 4. The molecule has 0 saturated carbocycles. The van der Waals surface area contributed by atoms with Crippen molar-refractivity contribution in [3.8, 4) is 5.75 Å². The number of benzene rings is 2. The lowest BCUT2D eigenvalue weighted by Crippen LogP contribution is -2.52. The highest BCUT2D eigenvalue weighted by atomic mass is 35.5. The van der Waals surface area contributed by atoms with E-state index in [2.05, 4.69) is 5.32 Å². The molecular weight excluding hydrogens is 306 g/mol. The first kappa shape index (κ1) is 16.3. The van der Waals surface area contributed by atoms with Gasteiger partial charge in [-0.05, 0) is 29.8 Å². The van der Waals surface area contributed by atoms with E-state index in [0.717, 1.165) is 0 Å². The third kappa shape index (κ3) is 3.76. The van der Waals surface area contributed by atoms with Crippen LogP contribution in [0.25, 0.3) is 0 Å². The van der Waals surface area contributed by atoms with Crippen LogP contribution in [0, 0.1) is 0 Å². The number of amides is 1. The Morgan fingerprint density at radius 1 is 1.05 bits per heavy atom. The number of rotatable bonds is 5. The number of hydrogen-bond donors (Lipinski definition) is 3. The number of ether oxygens (including phenoxy) is 1. The van der Waals surface area contributed by atoms with Crippen molar-refractivity contribution in [2.24, 2.45) is 0 Å². The van der Waals surface area contributed by atoms with Crippen LogP contribution in [0.1, 0.15) is 5.56 Å². The van der Waals surface area contributed by atoms with Gasteiger partial charge in [0.05, 0.1) is 13.2 Å². The molecule has 0 fully saturated rings. The highest BCUT2D eigenvalue weighted by Gasteiger charge is 2.33. The van der Waals surface area contributed by atoms with Crippen LogP contribution in [0.15, 0.2) is 54.6 Å². The molecule has 0 aliphatic rings. The lowest BCUT2D eigenvalue weighted by atomic mass is 9.92. The van der Waals surface area contributed by atoms with Crippen LogP contribution < -0.4 is 10.1 Å². The van der Waals surface area contributed by atoms with Crippen LogP contribution in [0.2, 0.25) is 5.02 Å². The van der Waals surface area contributed by atoms with Gasteiger partial charge in [0.25, 0.3) is 0 Å². The van der Waals surface area contributed by atoms with Gasteiger partial charge in [0, 0.05) is 5.02 Å². The van der Waals surface area contributed by atoms with E-state index in [1.54, 1.807) is 54.6 Å². The molecule has 5 nitrogen and oxygen atoms in total. The molecule has 0 aromatic heterocycles. The summed E-state index contributed by atoms with van der Waals surface area (Å²) in [4.78, 5) is 12.0. The van der Waals surface area contributed by atoms with Gasteiger partial charge in [-0.2, -0.15) is 0 Å². The average molecular weight is 322 g/mol. The number of aliphatic hydroxyl groups excluding tert-OH is 2. The van der Waals surface area contributed by atoms with Crippen molar-refractivity contribution in [1.82, 2.24) is 5.32 Å². The zero-order valence-electron chi connectivity index (χ0n) is 11.7. The van der Waals surface area contributed by atoms with E-state index in [0.29, 0.717) is 16.3 Å². The second-order valence-electron chi connectivity index (χ2n) is 4.73. The average Bonchev–Trinajstić information content (AvgIpc) is 2.54. The molecular formula is C16H16ClNO4. The van der Waals surface area contributed by atoms with Gasteiger partial charge in [0.1, 0.15) is 11.3 Å². The number of nitrogens with one attached hydrogen (secondary N) is 1. The summed E-state index contributed by atoms with van der Waals surface area (Å²) in [5.74, 6) is 0.362. The molecule has 22 heavy (non-hydrogen) atoms. The largest absolute Gasteiger partial charge is 0.413 e. The second kappa shape index (κ2) is 7.26. The number of carbonyl (C=O) groups excluding carboxylic acids is 1. The van der Waals surface area contributed by atoms with Crippen LogP contribution in [-0.4, -0.2) is 29.5 Å². The molecule has 0 spiro atoms. The third-order valence-electron chi connectivity index (χ3n) is 3.23. The Balaban J connectivity index is 2.17. The second-order valence-corrected chi connectivity index (χ2v) is 5.17. The van der Waals surface area contributed by atoms with E-state index < -0.39 is 24.8 Å². The first-order valence-electron chi connectivity index (χ1n) is 6.62. The van der Waals surface area contributed by atoms with Crippen molar-refractivity contribution < 1.29 is 19.7 Å². The molecule has 0 aliphatic heterocycles. The third-order valence-corrected chi connectivity index (χ3v) is 3.48. The summed E-state index contributed by atoms with van der Waals surface area (Å²) in [6.07, 6.45) is -0.774. The summed E-state index contributed by atoms with van der Waals surface area (Å²) < 4.78 is 5.12. The minimum absolute atomic E-state index is 0.362. The molecule has 3 N–H and O–H groups in total. The highest BCUT2D eigenvalue weighted by Crippen LogP contribution is 2.23. The number of para-hydroxylation sites is 1. The lowest BCUT2D eigenvalue weighted by Gasteiger charge is -2.31. The van der Waals surface area contributed by atoms with E-state index in [4.69, 9.17) is 16.3 Å². The first-order valence-corrected chi connectivity index (χ1v) is 7.00. The molecule has 2 rings (SSSR count). The van der Waals surface area contributed by atoms with Crippen LogP contribution in [-0.2, 0) is 5.54 Å². The Morgan fingerprint density at radius 2 is 1.64 bits per heavy atom. The summed E-state index contributed by atoms with van der Waals surface area (Å²) in [5.41, 5.74) is -0.830. The molecule has 0 atom stereocenters. The van der Waals surface area contributed by atoms with Gasteiger partial charge in [-0.25, -0.2) is 4.79 Å². The monoisotopic (exact) mass is 321 g/mol. The molecule has 0 unspecified atom stereocenters. The Hall–Kier alpha value is -2.08. The first-order chi connectivity index (χ1) is 10.6. The fourth-order valence-corrected chi connectivity index (χ4v) is 2.10. The zero-order valence-corrected chi connectivity index (χ0v) is 12.5. The summed E-state index contributed by atoms with van der Waals surface area (Å²) >= 11 is 5.82. The molecule has 6 heteroatoms. The molecule has 2 aromatic carbocycles. The van der Waals surface area contributed by atoms with Crippen molar-refractivity contribution in [2.75, 3.05) is 13.2 Å². The maximum absolute atomic E-state index is 12.0.